The van der Waals surface area contributed by atoms with Gasteiger partial charge < -0.3 is 24.7 Å². The van der Waals surface area contributed by atoms with Crippen LogP contribution < -0.4 is 10.6 Å². The minimum absolute atomic E-state index is 0.0677. The summed E-state index contributed by atoms with van der Waals surface area (Å²) in [5, 5.41) is 7.66. The fraction of sp³-hybridized carbons (Fsp3) is 0.361. The van der Waals surface area contributed by atoms with Gasteiger partial charge in [-0.3, -0.25) is 19.6 Å². The number of thioether (sulfide) groups is 1. The summed E-state index contributed by atoms with van der Waals surface area (Å²) in [5.74, 6) is 0.0368. The second-order valence-electron chi connectivity index (χ2n) is 12.6. The van der Waals surface area contributed by atoms with Gasteiger partial charge in [-0.2, -0.15) is 0 Å². The Morgan fingerprint density at radius 3 is 2.45 bits per heavy atom. The number of hydrogen-bond acceptors (Lipinski definition) is 8. The van der Waals surface area contributed by atoms with E-state index in [1.165, 1.54) is 0 Å². The van der Waals surface area contributed by atoms with Crippen LogP contribution in [-0.2, 0) is 33.7 Å². The molecule has 5 rings (SSSR count). The van der Waals surface area contributed by atoms with Crippen molar-refractivity contribution in [2.24, 2.45) is 4.99 Å². The van der Waals surface area contributed by atoms with Crippen molar-refractivity contribution in [1.29, 1.82) is 0 Å². The van der Waals surface area contributed by atoms with Gasteiger partial charge in [0.05, 0.1) is 17.3 Å². The molecule has 10 nitrogen and oxygen atoms in total. The summed E-state index contributed by atoms with van der Waals surface area (Å²) in [6.45, 7) is 7.96. The standard InChI is InChI=1S/C36H41N5O5S/c1-24-38-29(23-47-24)22-41(21-27-12-13-32-28(17-27)14-16-45-32)34(43)31(18-25-9-6-5-7-10-25)39-33(42)30(19-26-11-8-15-37-20-26)40-35(44)46-36(2,3)4/h5-17,20,29-31H,18-19,21-23H2,1-4H3,(H,39,42)(H,40,44)/t29?,30-,31-/m0/s1. The maximum atomic E-state index is 14.6. The third kappa shape index (κ3) is 9.92. The molecule has 0 aliphatic carbocycles. The quantitative estimate of drug-likeness (QED) is 0.205. The van der Waals surface area contributed by atoms with Crippen molar-refractivity contribution in [3.05, 3.63) is 102 Å². The zero-order chi connectivity index (χ0) is 33.4. The van der Waals surface area contributed by atoms with Crippen LogP contribution in [0.4, 0.5) is 4.79 Å². The molecule has 47 heavy (non-hydrogen) atoms. The van der Waals surface area contributed by atoms with Gasteiger partial charge in [0.2, 0.25) is 11.8 Å². The van der Waals surface area contributed by atoms with E-state index in [1.54, 1.807) is 62.2 Å². The summed E-state index contributed by atoms with van der Waals surface area (Å²) in [6, 6.07) is 18.9. The molecule has 2 N–H and O–H groups in total. The topological polar surface area (TPSA) is 126 Å². The lowest BCUT2D eigenvalue weighted by Gasteiger charge is -2.31. The average Bonchev–Trinajstić information content (AvgIpc) is 3.68. The molecule has 1 unspecified atom stereocenters. The van der Waals surface area contributed by atoms with E-state index in [9.17, 15) is 14.4 Å². The Balaban J connectivity index is 1.43. The number of furan rings is 1. The lowest BCUT2D eigenvalue weighted by molar-refractivity contribution is -0.137. The van der Waals surface area contributed by atoms with Crippen LogP contribution in [0.3, 0.4) is 0 Å². The van der Waals surface area contributed by atoms with Gasteiger partial charge in [0.15, 0.2) is 0 Å². The molecule has 1 aliphatic rings. The van der Waals surface area contributed by atoms with Crippen molar-refractivity contribution in [3.8, 4) is 0 Å². The molecular formula is C36H41N5O5S. The molecule has 0 saturated heterocycles. The zero-order valence-electron chi connectivity index (χ0n) is 27.1. The molecule has 2 aromatic carbocycles. The molecule has 246 valence electrons. The predicted octanol–water partition coefficient (Wildman–Crippen LogP) is 5.55. The Bertz CT molecular complexity index is 1700. The summed E-state index contributed by atoms with van der Waals surface area (Å²) in [4.78, 5) is 52.1. The van der Waals surface area contributed by atoms with E-state index < -0.39 is 29.7 Å². The summed E-state index contributed by atoms with van der Waals surface area (Å²) < 4.78 is 11.0. The first kappa shape index (κ1) is 33.7. The third-order valence-electron chi connectivity index (χ3n) is 7.55. The molecule has 0 fully saturated rings. The van der Waals surface area contributed by atoms with Crippen LogP contribution in [0.1, 0.15) is 44.4 Å². The number of aliphatic imine (C=N–C) groups is 1. The van der Waals surface area contributed by atoms with Crippen LogP contribution >= 0.6 is 11.8 Å². The van der Waals surface area contributed by atoms with Crippen LogP contribution in [0.2, 0.25) is 0 Å². The Labute approximate surface area is 279 Å². The van der Waals surface area contributed by atoms with Crippen molar-refractivity contribution in [1.82, 2.24) is 20.5 Å². The zero-order valence-corrected chi connectivity index (χ0v) is 28.0. The van der Waals surface area contributed by atoms with Crippen molar-refractivity contribution in [3.63, 3.8) is 0 Å². The van der Waals surface area contributed by atoms with Gasteiger partial charge in [0, 0.05) is 49.5 Å². The minimum Gasteiger partial charge on any atom is -0.464 e. The molecule has 0 bridgehead atoms. The van der Waals surface area contributed by atoms with Gasteiger partial charge in [0.1, 0.15) is 23.3 Å². The monoisotopic (exact) mass is 655 g/mol. The highest BCUT2D eigenvalue weighted by atomic mass is 32.2. The number of carbonyl (C=O) groups excluding carboxylic acids is 3. The number of hydrogen-bond donors (Lipinski definition) is 2. The predicted molar refractivity (Wildman–Crippen MR) is 184 cm³/mol. The molecule has 3 heterocycles. The lowest BCUT2D eigenvalue weighted by Crippen LogP contribution is -2.56. The molecule has 0 radical (unpaired) electrons. The van der Waals surface area contributed by atoms with Crippen LogP contribution in [0, 0.1) is 0 Å². The first-order chi connectivity index (χ1) is 22.5. The number of pyridine rings is 1. The molecule has 3 atom stereocenters. The summed E-state index contributed by atoms with van der Waals surface area (Å²) in [6.07, 6.45) is 4.62. The van der Waals surface area contributed by atoms with E-state index in [-0.39, 0.29) is 24.8 Å². The summed E-state index contributed by atoms with van der Waals surface area (Å²) >= 11 is 1.68. The summed E-state index contributed by atoms with van der Waals surface area (Å²) in [5.41, 5.74) is 2.58. The van der Waals surface area contributed by atoms with Crippen LogP contribution in [0.15, 0.2) is 94.8 Å². The SMILES string of the molecule is CC1=NC(CN(Cc2ccc3occc3c2)C(=O)[C@H](Cc2ccccc2)NC(=O)[C@H](Cc2cccnc2)NC(=O)OC(C)(C)C)CS1. The maximum Gasteiger partial charge on any atom is 0.408 e. The van der Waals surface area contributed by atoms with E-state index in [2.05, 4.69) is 15.6 Å². The van der Waals surface area contributed by atoms with Crippen molar-refractivity contribution in [2.45, 2.75) is 70.8 Å². The molecule has 0 saturated carbocycles. The van der Waals surface area contributed by atoms with E-state index in [0.717, 1.165) is 38.5 Å². The molecule has 4 aromatic rings. The second-order valence-corrected chi connectivity index (χ2v) is 13.9. The largest absolute Gasteiger partial charge is 0.464 e. The molecular weight excluding hydrogens is 614 g/mol. The smallest absolute Gasteiger partial charge is 0.408 e. The van der Waals surface area contributed by atoms with Gasteiger partial charge in [-0.05, 0) is 68.7 Å². The first-order valence-corrected chi connectivity index (χ1v) is 16.7. The lowest BCUT2D eigenvalue weighted by atomic mass is 10.0. The Hall–Kier alpha value is -4.64. The number of benzene rings is 2. The molecule has 0 spiro atoms. The second kappa shape index (κ2) is 15.3. The number of aromatic nitrogens is 1. The average molecular weight is 656 g/mol. The number of nitrogens with one attached hydrogen (secondary N) is 2. The molecule has 1 aliphatic heterocycles. The molecule has 2 aromatic heterocycles. The van der Waals surface area contributed by atoms with Gasteiger partial charge in [-0.15, -0.1) is 11.8 Å². The van der Waals surface area contributed by atoms with Crippen LogP contribution in [0.5, 0.6) is 0 Å². The molecule has 11 heteroatoms. The highest BCUT2D eigenvalue weighted by Gasteiger charge is 2.32. The fourth-order valence-electron chi connectivity index (χ4n) is 5.42. The van der Waals surface area contributed by atoms with E-state index >= 15 is 0 Å². The highest BCUT2D eigenvalue weighted by Crippen LogP contribution is 2.22. The van der Waals surface area contributed by atoms with Crippen LogP contribution in [0.25, 0.3) is 11.0 Å². The number of fused-ring (bicyclic) bond motifs is 1. The summed E-state index contributed by atoms with van der Waals surface area (Å²) in [7, 11) is 0. The van der Waals surface area contributed by atoms with Crippen molar-refractivity contribution < 1.29 is 23.5 Å². The van der Waals surface area contributed by atoms with Gasteiger partial charge in [0.25, 0.3) is 0 Å². The van der Waals surface area contributed by atoms with Gasteiger partial charge >= 0.3 is 6.09 Å². The number of alkyl carbamates (subject to hydrolysis) is 1. The number of ether oxygens (including phenoxy) is 1. The Kier molecular flexibility index (Phi) is 11.0. The number of carbonyl (C=O) groups is 3. The number of nitrogens with zero attached hydrogens (tertiary/aromatic N) is 3. The van der Waals surface area contributed by atoms with E-state index in [0.29, 0.717) is 13.1 Å². The van der Waals surface area contributed by atoms with Gasteiger partial charge in [-0.25, -0.2) is 4.79 Å². The van der Waals surface area contributed by atoms with Crippen molar-refractivity contribution in [2.75, 3.05) is 12.3 Å². The first-order valence-electron chi connectivity index (χ1n) is 15.7. The molecule has 3 amide bonds. The Morgan fingerprint density at radius 2 is 1.74 bits per heavy atom. The van der Waals surface area contributed by atoms with Crippen molar-refractivity contribution >= 4 is 45.7 Å². The minimum atomic E-state index is -1.02. The normalized spacial score (nSPS) is 15.8. The van der Waals surface area contributed by atoms with E-state index in [1.807, 2.05) is 67.6 Å². The number of amides is 3. The Morgan fingerprint density at radius 1 is 0.979 bits per heavy atom. The van der Waals surface area contributed by atoms with Crippen LogP contribution in [-0.4, -0.2) is 68.9 Å². The highest BCUT2D eigenvalue weighted by molar-refractivity contribution is 8.14. The number of rotatable bonds is 12. The third-order valence-corrected chi connectivity index (χ3v) is 8.62. The van der Waals surface area contributed by atoms with Gasteiger partial charge in [-0.1, -0.05) is 42.5 Å². The maximum absolute atomic E-state index is 14.6. The fourth-order valence-corrected chi connectivity index (χ4v) is 6.26. The van der Waals surface area contributed by atoms with E-state index in [4.69, 9.17) is 14.1 Å².